The van der Waals surface area contributed by atoms with E-state index in [0.29, 0.717) is 17.5 Å². The first-order valence-electron chi connectivity index (χ1n) is 8.93. The van der Waals surface area contributed by atoms with Gasteiger partial charge in [0.05, 0.1) is 0 Å². The first kappa shape index (κ1) is 18.4. The topological polar surface area (TPSA) is 54.5 Å². The number of hydrogen-bond acceptors (Lipinski definition) is 3. The van der Waals surface area contributed by atoms with Crippen LogP contribution in [0.15, 0.2) is 84.9 Å². The summed E-state index contributed by atoms with van der Waals surface area (Å²) < 4.78 is 0.840. The second kappa shape index (κ2) is 7.93. The Labute approximate surface area is 169 Å². The summed E-state index contributed by atoms with van der Waals surface area (Å²) in [6.45, 7) is 0. The molecule has 1 heterocycles. The Morgan fingerprint density at radius 2 is 1.25 bits per heavy atom. The van der Waals surface area contributed by atoms with Crippen LogP contribution in [-0.2, 0) is 11.2 Å². The van der Waals surface area contributed by atoms with E-state index in [1.165, 1.54) is 0 Å². The quantitative estimate of drug-likeness (QED) is 0.443. The van der Waals surface area contributed by atoms with Gasteiger partial charge in [-0.3, -0.25) is 0 Å². The van der Waals surface area contributed by atoms with Crippen molar-refractivity contribution >= 4 is 35.9 Å². The summed E-state index contributed by atoms with van der Waals surface area (Å²) in [5.41, 5.74) is 1.65. The van der Waals surface area contributed by atoms with E-state index in [2.05, 4.69) is 0 Å². The van der Waals surface area contributed by atoms with Gasteiger partial charge in [0, 0.05) is 0 Å². The standard InChI is InChI=1S/C23H17NO3Se/c25-21-18-13-7-8-14-19(18)22(26)24(21)20(15-16-9-3-1-4-10-16)23(27)28-17-11-5-2-6-12-17/h1-14,20H,15H2/t20-/m0/s1. The maximum atomic E-state index is 13.2. The molecule has 0 unspecified atom stereocenters. The molecule has 0 N–H and O–H groups in total. The van der Waals surface area contributed by atoms with Gasteiger partial charge in [-0.05, 0) is 0 Å². The van der Waals surface area contributed by atoms with E-state index < -0.39 is 32.8 Å². The molecule has 0 fully saturated rings. The molecule has 28 heavy (non-hydrogen) atoms. The van der Waals surface area contributed by atoms with Gasteiger partial charge < -0.3 is 0 Å². The fourth-order valence-corrected chi connectivity index (χ4v) is 5.07. The van der Waals surface area contributed by atoms with Crippen LogP contribution < -0.4 is 4.46 Å². The summed E-state index contributed by atoms with van der Waals surface area (Å²) in [4.78, 5) is 40.3. The van der Waals surface area contributed by atoms with Crippen molar-refractivity contribution in [3.63, 3.8) is 0 Å². The zero-order valence-corrected chi connectivity index (χ0v) is 16.7. The molecule has 0 bridgehead atoms. The molecular weight excluding hydrogens is 417 g/mol. The number of hydrogen-bond donors (Lipinski definition) is 0. The van der Waals surface area contributed by atoms with Gasteiger partial charge >= 0.3 is 169 Å². The molecule has 138 valence electrons. The van der Waals surface area contributed by atoms with Crippen LogP contribution in [0.3, 0.4) is 0 Å². The summed E-state index contributed by atoms with van der Waals surface area (Å²) in [6.07, 6.45) is 0.319. The molecule has 4 nitrogen and oxygen atoms in total. The van der Waals surface area contributed by atoms with Crippen LogP contribution in [0.5, 0.6) is 0 Å². The van der Waals surface area contributed by atoms with Crippen LogP contribution in [0.2, 0.25) is 0 Å². The third-order valence-corrected chi connectivity index (χ3v) is 6.70. The number of amides is 2. The summed E-state index contributed by atoms with van der Waals surface area (Å²) in [5.74, 6) is -0.780. The number of nitrogens with zero attached hydrogens (tertiary/aromatic N) is 1. The van der Waals surface area contributed by atoms with Crippen LogP contribution in [0.25, 0.3) is 0 Å². The predicted octanol–water partition coefficient (Wildman–Crippen LogP) is 2.45. The average molecular weight is 434 g/mol. The Hall–Kier alpha value is -3.01. The Balaban J connectivity index is 1.68. The van der Waals surface area contributed by atoms with Crippen molar-refractivity contribution in [3.05, 3.63) is 102 Å². The molecule has 0 aliphatic carbocycles. The minimum absolute atomic E-state index is 0.0861. The zero-order valence-electron chi connectivity index (χ0n) is 14.9. The molecule has 3 aromatic rings. The maximum absolute atomic E-state index is 13.2. The zero-order chi connectivity index (χ0) is 19.5. The Morgan fingerprint density at radius 3 is 1.82 bits per heavy atom. The fourth-order valence-electron chi connectivity index (χ4n) is 3.28. The average Bonchev–Trinajstić information content (AvgIpc) is 2.98. The van der Waals surface area contributed by atoms with E-state index in [-0.39, 0.29) is 4.68 Å². The first-order valence-corrected chi connectivity index (χ1v) is 10.6. The summed E-state index contributed by atoms with van der Waals surface area (Å²) in [6, 6.07) is 24.9. The molecule has 0 spiro atoms. The normalized spacial score (nSPS) is 14.1. The van der Waals surface area contributed by atoms with Crippen LogP contribution in [-0.4, -0.2) is 42.4 Å². The van der Waals surface area contributed by atoms with Crippen molar-refractivity contribution in [2.24, 2.45) is 0 Å². The Bertz CT molecular complexity index is 999. The number of imide groups is 1. The molecule has 1 atom stereocenters. The van der Waals surface area contributed by atoms with Crippen LogP contribution in [0, 0.1) is 0 Å². The number of carbonyl (C=O) groups excluding carboxylic acids is 3. The van der Waals surface area contributed by atoms with E-state index in [1.54, 1.807) is 24.3 Å². The van der Waals surface area contributed by atoms with Gasteiger partial charge in [-0.15, -0.1) is 0 Å². The van der Waals surface area contributed by atoms with E-state index >= 15 is 0 Å². The van der Waals surface area contributed by atoms with Crippen molar-refractivity contribution in [1.82, 2.24) is 4.90 Å². The molecule has 1 aliphatic heterocycles. The molecule has 3 aromatic carbocycles. The molecule has 0 aromatic heterocycles. The summed E-state index contributed by atoms with van der Waals surface area (Å²) >= 11 is -0.490. The van der Waals surface area contributed by atoms with Gasteiger partial charge in [0.25, 0.3) is 0 Å². The summed E-state index contributed by atoms with van der Waals surface area (Å²) in [5, 5.41) is 0. The van der Waals surface area contributed by atoms with E-state index in [9.17, 15) is 14.4 Å². The van der Waals surface area contributed by atoms with Gasteiger partial charge in [0.1, 0.15) is 0 Å². The van der Waals surface area contributed by atoms with Gasteiger partial charge in [-0.2, -0.15) is 0 Å². The second-order valence-electron chi connectivity index (χ2n) is 6.47. The van der Waals surface area contributed by atoms with Crippen molar-refractivity contribution in [2.45, 2.75) is 12.5 Å². The van der Waals surface area contributed by atoms with Crippen molar-refractivity contribution in [2.75, 3.05) is 0 Å². The SMILES string of the molecule is O=C([Se]c1ccccc1)[C@H](Cc1ccccc1)N1C(=O)c2ccccc2C1=O. The van der Waals surface area contributed by atoms with Crippen molar-refractivity contribution in [1.29, 1.82) is 0 Å². The van der Waals surface area contributed by atoms with Gasteiger partial charge in [-0.1, -0.05) is 0 Å². The first-order chi connectivity index (χ1) is 13.6. The number of rotatable bonds is 6. The van der Waals surface area contributed by atoms with Crippen LogP contribution >= 0.6 is 0 Å². The fraction of sp³-hybridized carbons (Fsp3) is 0.0870. The van der Waals surface area contributed by atoms with E-state index in [1.807, 2.05) is 60.7 Å². The molecule has 2 amide bonds. The third-order valence-electron chi connectivity index (χ3n) is 4.64. The minimum atomic E-state index is -0.810. The molecule has 0 saturated carbocycles. The number of fused-ring (bicyclic) bond motifs is 1. The Kier molecular flexibility index (Phi) is 5.20. The second-order valence-corrected chi connectivity index (χ2v) is 8.73. The van der Waals surface area contributed by atoms with Crippen molar-refractivity contribution < 1.29 is 14.4 Å². The van der Waals surface area contributed by atoms with Gasteiger partial charge in [-0.25, -0.2) is 0 Å². The molecule has 0 radical (unpaired) electrons. The molecular formula is C23H17NO3Se. The molecule has 4 rings (SSSR count). The van der Waals surface area contributed by atoms with Crippen LogP contribution in [0.1, 0.15) is 26.3 Å². The number of carbonyl (C=O) groups is 3. The monoisotopic (exact) mass is 435 g/mol. The predicted molar refractivity (Wildman–Crippen MR) is 108 cm³/mol. The van der Waals surface area contributed by atoms with Crippen molar-refractivity contribution in [3.8, 4) is 0 Å². The number of benzene rings is 3. The molecule has 5 heteroatoms. The molecule has 1 aliphatic rings. The third kappa shape index (κ3) is 3.55. The summed E-state index contributed by atoms with van der Waals surface area (Å²) in [7, 11) is 0. The van der Waals surface area contributed by atoms with E-state index in [0.717, 1.165) is 14.9 Å². The molecule has 0 saturated heterocycles. The van der Waals surface area contributed by atoms with Gasteiger partial charge in [0.15, 0.2) is 0 Å². The van der Waals surface area contributed by atoms with Gasteiger partial charge in [0.2, 0.25) is 0 Å². The Morgan fingerprint density at radius 1 is 0.750 bits per heavy atom. The van der Waals surface area contributed by atoms with Crippen LogP contribution in [0.4, 0.5) is 0 Å². The van der Waals surface area contributed by atoms with E-state index in [4.69, 9.17) is 0 Å².